The van der Waals surface area contributed by atoms with E-state index in [2.05, 4.69) is 44.1 Å². The number of anilines is 2. The van der Waals surface area contributed by atoms with Crippen molar-refractivity contribution in [2.75, 3.05) is 38.0 Å². The molecule has 0 aliphatic rings. The fourth-order valence-corrected chi connectivity index (χ4v) is 3.58. The second-order valence-electron chi connectivity index (χ2n) is 8.91. The van der Waals surface area contributed by atoms with Crippen molar-refractivity contribution in [2.45, 2.75) is 0 Å². The predicted molar refractivity (Wildman–Crippen MR) is 152 cm³/mol. The molecule has 0 N–H and O–H groups in total. The van der Waals surface area contributed by atoms with E-state index in [0.717, 1.165) is 33.9 Å². The highest BCUT2D eigenvalue weighted by Crippen LogP contribution is 2.20. The first kappa shape index (κ1) is 24.6. The summed E-state index contributed by atoms with van der Waals surface area (Å²) in [6, 6.07) is 31.1. The van der Waals surface area contributed by atoms with E-state index in [1.807, 2.05) is 113 Å². The number of carbonyl (C=O) groups excluding carboxylic acids is 1. The minimum Gasteiger partial charge on any atom is -0.378 e. The summed E-state index contributed by atoms with van der Waals surface area (Å²) < 4.78 is 0. The minimum absolute atomic E-state index is 0.0281. The summed E-state index contributed by atoms with van der Waals surface area (Å²) >= 11 is 0. The fourth-order valence-electron chi connectivity index (χ4n) is 3.58. The number of nitrogens with zero attached hydrogens (tertiary/aromatic N) is 4. The second kappa shape index (κ2) is 11.3. The molecule has 0 fully saturated rings. The van der Waals surface area contributed by atoms with Crippen LogP contribution < -0.4 is 9.80 Å². The molecule has 5 nitrogen and oxygen atoms in total. The molecule has 0 saturated carbocycles. The first-order valence-electron chi connectivity index (χ1n) is 11.8. The van der Waals surface area contributed by atoms with Gasteiger partial charge in [-0.2, -0.15) is 0 Å². The lowest BCUT2D eigenvalue weighted by atomic mass is 10.0. The number of benzene rings is 4. The van der Waals surface area contributed by atoms with E-state index in [4.69, 9.17) is 0 Å². The van der Waals surface area contributed by atoms with Crippen LogP contribution in [0.3, 0.4) is 0 Å². The van der Waals surface area contributed by atoms with Crippen LogP contribution in [0.4, 0.5) is 22.7 Å². The van der Waals surface area contributed by atoms with Gasteiger partial charge in [-0.3, -0.25) is 14.8 Å². The van der Waals surface area contributed by atoms with Crippen molar-refractivity contribution < 1.29 is 4.79 Å². The predicted octanol–water partition coefficient (Wildman–Crippen LogP) is 6.55. The molecule has 0 aliphatic carbocycles. The maximum absolute atomic E-state index is 12.9. The Morgan fingerprint density at radius 2 is 0.861 bits per heavy atom. The summed E-state index contributed by atoms with van der Waals surface area (Å²) in [6.45, 7) is 0. The van der Waals surface area contributed by atoms with Gasteiger partial charge < -0.3 is 9.80 Å². The van der Waals surface area contributed by atoms with Crippen LogP contribution in [0.1, 0.15) is 27.0 Å². The van der Waals surface area contributed by atoms with Crippen molar-refractivity contribution in [1.29, 1.82) is 0 Å². The zero-order valence-electron chi connectivity index (χ0n) is 21.1. The van der Waals surface area contributed by atoms with Crippen molar-refractivity contribution in [3.63, 3.8) is 0 Å². The van der Waals surface area contributed by atoms with Crippen LogP contribution in [-0.2, 0) is 0 Å². The zero-order chi connectivity index (χ0) is 25.5. The molecule has 4 aromatic rings. The van der Waals surface area contributed by atoms with Crippen LogP contribution in [0.25, 0.3) is 0 Å². The Morgan fingerprint density at radius 3 is 1.17 bits per heavy atom. The quantitative estimate of drug-likeness (QED) is 0.215. The first-order chi connectivity index (χ1) is 17.4. The lowest BCUT2D eigenvalue weighted by molar-refractivity contribution is 0.103. The van der Waals surface area contributed by atoms with Crippen LogP contribution in [0.2, 0.25) is 0 Å². The van der Waals surface area contributed by atoms with Gasteiger partial charge in [-0.05, 0) is 83.9 Å². The SMILES string of the molecule is CN(C)c1ccc(C=Nc2ccc(C(=O)c3ccc(N=Cc4ccc(N(C)C)cc4)cc3)cc2)cc1. The molecule has 36 heavy (non-hydrogen) atoms. The molecule has 0 heterocycles. The van der Waals surface area contributed by atoms with Gasteiger partial charge >= 0.3 is 0 Å². The molecule has 180 valence electrons. The summed E-state index contributed by atoms with van der Waals surface area (Å²) in [7, 11) is 8.06. The van der Waals surface area contributed by atoms with Crippen LogP contribution in [0.5, 0.6) is 0 Å². The first-order valence-corrected chi connectivity index (χ1v) is 11.8. The van der Waals surface area contributed by atoms with Gasteiger partial charge in [0.25, 0.3) is 0 Å². The lowest BCUT2D eigenvalue weighted by Crippen LogP contribution is -2.08. The largest absolute Gasteiger partial charge is 0.378 e. The van der Waals surface area contributed by atoms with Gasteiger partial charge in [0.15, 0.2) is 5.78 Å². The fraction of sp³-hybridized carbons (Fsp3) is 0.129. The molecule has 4 rings (SSSR count). The molecule has 0 radical (unpaired) electrons. The van der Waals surface area contributed by atoms with Crippen LogP contribution in [0, 0.1) is 0 Å². The molecule has 0 amide bonds. The summed E-state index contributed by atoms with van der Waals surface area (Å²) in [4.78, 5) is 26.1. The summed E-state index contributed by atoms with van der Waals surface area (Å²) in [5.74, 6) is -0.0281. The molecular weight excluding hydrogens is 444 g/mol. The smallest absolute Gasteiger partial charge is 0.193 e. The van der Waals surface area contributed by atoms with E-state index >= 15 is 0 Å². The third-order valence-corrected chi connectivity index (χ3v) is 5.80. The Labute approximate surface area is 213 Å². The molecule has 0 saturated heterocycles. The molecular formula is C31H30N4O. The Hall–Kier alpha value is -4.51. The molecule has 0 aromatic heterocycles. The number of rotatable bonds is 8. The topological polar surface area (TPSA) is 48.3 Å². The Bertz CT molecular complexity index is 1240. The lowest BCUT2D eigenvalue weighted by Gasteiger charge is -2.11. The minimum atomic E-state index is -0.0281. The molecule has 0 bridgehead atoms. The van der Waals surface area contributed by atoms with Gasteiger partial charge in [-0.15, -0.1) is 0 Å². The van der Waals surface area contributed by atoms with E-state index in [9.17, 15) is 4.79 Å². The molecule has 0 aliphatic heterocycles. The van der Waals surface area contributed by atoms with Gasteiger partial charge in [0.05, 0.1) is 11.4 Å². The van der Waals surface area contributed by atoms with E-state index in [-0.39, 0.29) is 5.78 Å². The maximum Gasteiger partial charge on any atom is 0.193 e. The second-order valence-corrected chi connectivity index (χ2v) is 8.91. The summed E-state index contributed by atoms with van der Waals surface area (Å²) in [6.07, 6.45) is 3.65. The standard InChI is InChI=1S/C31H30N4O/c1-34(2)29-17-5-23(6-18-29)21-32-27-13-9-25(10-14-27)31(36)26-11-15-28(16-12-26)33-22-24-7-19-30(20-8-24)35(3)4/h5-22H,1-4H3. The van der Waals surface area contributed by atoms with Crippen molar-refractivity contribution in [3.8, 4) is 0 Å². The van der Waals surface area contributed by atoms with E-state index in [1.165, 1.54) is 0 Å². The van der Waals surface area contributed by atoms with E-state index in [0.29, 0.717) is 11.1 Å². The molecule has 4 aromatic carbocycles. The highest BCUT2D eigenvalue weighted by atomic mass is 16.1. The normalized spacial score (nSPS) is 11.2. The Balaban J connectivity index is 1.38. The van der Waals surface area contributed by atoms with Crippen LogP contribution in [0.15, 0.2) is 107 Å². The molecule has 0 spiro atoms. The third kappa shape index (κ3) is 6.33. The van der Waals surface area contributed by atoms with Gasteiger partial charge in [0.2, 0.25) is 0 Å². The third-order valence-electron chi connectivity index (χ3n) is 5.80. The number of hydrogen-bond acceptors (Lipinski definition) is 5. The van der Waals surface area contributed by atoms with Crippen LogP contribution >= 0.6 is 0 Å². The molecule has 0 atom stereocenters. The zero-order valence-corrected chi connectivity index (χ0v) is 21.1. The van der Waals surface area contributed by atoms with E-state index < -0.39 is 0 Å². The Morgan fingerprint density at radius 1 is 0.528 bits per heavy atom. The van der Waals surface area contributed by atoms with Crippen molar-refractivity contribution in [1.82, 2.24) is 0 Å². The van der Waals surface area contributed by atoms with Crippen molar-refractivity contribution >= 4 is 41.0 Å². The molecule has 0 unspecified atom stereocenters. The number of ketones is 1. The van der Waals surface area contributed by atoms with Crippen molar-refractivity contribution in [3.05, 3.63) is 119 Å². The van der Waals surface area contributed by atoms with Crippen molar-refractivity contribution in [2.24, 2.45) is 9.98 Å². The highest BCUT2D eigenvalue weighted by molar-refractivity contribution is 6.09. The van der Waals surface area contributed by atoms with Gasteiger partial charge in [0.1, 0.15) is 0 Å². The number of carbonyl (C=O) groups is 1. The Kier molecular flexibility index (Phi) is 7.71. The summed E-state index contributed by atoms with van der Waals surface area (Å²) in [5, 5.41) is 0. The highest BCUT2D eigenvalue weighted by Gasteiger charge is 2.09. The van der Waals surface area contributed by atoms with Gasteiger partial charge in [-0.25, -0.2) is 0 Å². The molecule has 5 heteroatoms. The van der Waals surface area contributed by atoms with E-state index in [1.54, 1.807) is 0 Å². The monoisotopic (exact) mass is 474 g/mol. The summed E-state index contributed by atoms with van der Waals surface area (Å²) in [5.41, 5.74) is 7.18. The number of hydrogen-bond donors (Lipinski definition) is 0. The average molecular weight is 475 g/mol. The van der Waals surface area contributed by atoms with Gasteiger partial charge in [-0.1, -0.05) is 24.3 Å². The van der Waals surface area contributed by atoms with Crippen LogP contribution in [-0.4, -0.2) is 46.4 Å². The maximum atomic E-state index is 12.9. The van der Waals surface area contributed by atoms with Gasteiger partial charge in [0, 0.05) is 63.1 Å². The average Bonchev–Trinajstić information content (AvgIpc) is 2.91. The number of aliphatic imine (C=N–C) groups is 2.